The molecule has 3 aromatic rings. The molecule has 156 valence electrons. The van der Waals surface area contributed by atoms with E-state index in [0.717, 1.165) is 17.9 Å². The van der Waals surface area contributed by atoms with Crippen molar-refractivity contribution >= 4 is 28.8 Å². The zero-order chi connectivity index (χ0) is 21.3. The normalized spacial score (nSPS) is 11.7. The predicted molar refractivity (Wildman–Crippen MR) is 122 cm³/mol. The van der Waals surface area contributed by atoms with E-state index in [1.54, 1.807) is 29.5 Å². The van der Waals surface area contributed by atoms with Gasteiger partial charge in [0.15, 0.2) is 6.54 Å². The lowest BCUT2D eigenvalue weighted by Crippen LogP contribution is -3.08. The Kier molecular flexibility index (Phi) is 7.76. The number of hydrogen-bond donors (Lipinski definition) is 3. The molecule has 0 saturated carbocycles. The largest absolute Gasteiger partial charge is 0.352 e. The fraction of sp³-hybridized carbons (Fsp3) is 0.250. The lowest BCUT2D eigenvalue weighted by molar-refractivity contribution is -0.884. The number of para-hydroxylation sites is 1. The molecule has 2 amide bonds. The zero-order valence-corrected chi connectivity index (χ0v) is 18.2. The van der Waals surface area contributed by atoms with Crippen molar-refractivity contribution in [1.29, 1.82) is 0 Å². The number of nitrogens with one attached hydrogen (secondary N) is 3. The Balaban J connectivity index is 1.54. The van der Waals surface area contributed by atoms with Gasteiger partial charge >= 0.3 is 0 Å². The first-order valence-corrected chi connectivity index (χ1v) is 11.0. The van der Waals surface area contributed by atoms with Gasteiger partial charge in [-0.3, -0.25) is 9.59 Å². The molecule has 3 N–H and O–H groups in total. The molecule has 2 aromatic carbocycles. The lowest BCUT2D eigenvalue weighted by Gasteiger charge is -2.15. The number of rotatable bonds is 9. The first-order chi connectivity index (χ1) is 14.5. The van der Waals surface area contributed by atoms with Gasteiger partial charge in [0, 0.05) is 6.54 Å². The lowest BCUT2D eigenvalue weighted by atomic mass is 10.1. The average Bonchev–Trinajstić information content (AvgIpc) is 3.13. The van der Waals surface area contributed by atoms with Crippen LogP contribution in [0.15, 0.2) is 66.0 Å². The molecule has 1 atom stereocenters. The summed E-state index contributed by atoms with van der Waals surface area (Å²) in [4.78, 5) is 27.6. The number of aryl methyl sites for hydroxylation is 1. The van der Waals surface area contributed by atoms with Crippen LogP contribution in [0.4, 0.5) is 5.69 Å². The fourth-order valence-electron chi connectivity index (χ4n) is 3.24. The van der Waals surface area contributed by atoms with Crippen LogP contribution in [0.5, 0.6) is 0 Å². The summed E-state index contributed by atoms with van der Waals surface area (Å²) in [5, 5.41) is 7.93. The minimum Gasteiger partial charge on any atom is -0.352 e. The quantitative estimate of drug-likeness (QED) is 0.497. The van der Waals surface area contributed by atoms with Crippen molar-refractivity contribution in [3.05, 3.63) is 87.6 Å². The fourth-order valence-corrected chi connectivity index (χ4v) is 4.26. The molecule has 0 bridgehead atoms. The van der Waals surface area contributed by atoms with E-state index >= 15 is 0 Å². The maximum absolute atomic E-state index is 12.6. The number of anilines is 1. The second kappa shape index (κ2) is 10.7. The van der Waals surface area contributed by atoms with Crippen molar-refractivity contribution in [3.63, 3.8) is 0 Å². The highest BCUT2D eigenvalue weighted by Gasteiger charge is 2.16. The molecule has 3 rings (SSSR count). The third-order valence-corrected chi connectivity index (χ3v) is 5.90. The molecule has 0 spiro atoms. The van der Waals surface area contributed by atoms with Gasteiger partial charge in [0.2, 0.25) is 0 Å². The second-order valence-corrected chi connectivity index (χ2v) is 8.42. The van der Waals surface area contributed by atoms with Crippen LogP contribution in [0.2, 0.25) is 0 Å². The average molecular weight is 423 g/mol. The van der Waals surface area contributed by atoms with Gasteiger partial charge < -0.3 is 15.5 Å². The molecule has 1 heterocycles. The molecule has 0 aliphatic carbocycles. The predicted octanol–water partition coefficient (Wildman–Crippen LogP) is 2.68. The molecular formula is C24H28N3O2S+. The summed E-state index contributed by atoms with van der Waals surface area (Å²) in [6.07, 6.45) is 0.761. The Hall–Kier alpha value is -2.96. The highest BCUT2D eigenvalue weighted by molar-refractivity contribution is 7.10. The number of quaternary nitrogens is 1. The van der Waals surface area contributed by atoms with Crippen LogP contribution in [0.25, 0.3) is 0 Å². The maximum Gasteiger partial charge on any atom is 0.279 e. The van der Waals surface area contributed by atoms with Crippen LogP contribution >= 0.6 is 11.3 Å². The number of carbonyl (C=O) groups is 2. The van der Waals surface area contributed by atoms with Gasteiger partial charge in [-0.2, -0.15) is 0 Å². The van der Waals surface area contributed by atoms with Gasteiger partial charge in [0.05, 0.1) is 23.2 Å². The van der Waals surface area contributed by atoms with Crippen LogP contribution < -0.4 is 15.5 Å². The molecule has 5 nitrogen and oxygen atoms in total. The standard InChI is InChI=1S/C24H27N3O2S/c1-18-13-15-30-22(18)16-27(2)17-23(28)26-21-11-7-6-10-20(21)24(29)25-14-12-19-8-4-3-5-9-19/h3-11,13,15H,12,14,16-17H2,1-2H3,(H,25,29)(H,26,28)/p+1. The van der Waals surface area contributed by atoms with E-state index in [2.05, 4.69) is 29.0 Å². The van der Waals surface area contributed by atoms with E-state index in [-0.39, 0.29) is 11.8 Å². The highest BCUT2D eigenvalue weighted by Crippen LogP contribution is 2.15. The summed E-state index contributed by atoms with van der Waals surface area (Å²) < 4.78 is 0. The summed E-state index contributed by atoms with van der Waals surface area (Å²) in [7, 11) is 2.00. The molecule has 6 heteroatoms. The summed E-state index contributed by atoms with van der Waals surface area (Å²) in [6, 6.07) is 19.2. The van der Waals surface area contributed by atoms with Crippen LogP contribution in [0.1, 0.15) is 26.4 Å². The van der Waals surface area contributed by atoms with Crippen molar-refractivity contribution in [2.75, 3.05) is 25.5 Å². The SMILES string of the molecule is Cc1ccsc1C[NH+](C)CC(=O)Nc1ccccc1C(=O)NCCc1ccccc1. The minimum atomic E-state index is -0.184. The Labute approximate surface area is 181 Å². The van der Waals surface area contributed by atoms with E-state index in [1.165, 1.54) is 16.0 Å². The van der Waals surface area contributed by atoms with Gasteiger partial charge in [-0.05, 0) is 48.1 Å². The molecule has 0 aliphatic rings. The summed E-state index contributed by atoms with van der Waals surface area (Å²) >= 11 is 1.72. The Morgan fingerprint density at radius 1 is 1.00 bits per heavy atom. The first-order valence-electron chi connectivity index (χ1n) is 10.1. The van der Waals surface area contributed by atoms with Gasteiger partial charge in [-0.1, -0.05) is 42.5 Å². The second-order valence-electron chi connectivity index (χ2n) is 7.42. The molecule has 1 aromatic heterocycles. The van der Waals surface area contributed by atoms with Gasteiger partial charge in [0.1, 0.15) is 6.54 Å². The summed E-state index contributed by atoms with van der Waals surface area (Å²) in [5.74, 6) is -0.289. The molecule has 0 fully saturated rings. The topological polar surface area (TPSA) is 62.6 Å². The number of amides is 2. The van der Waals surface area contributed by atoms with Gasteiger partial charge in [-0.25, -0.2) is 0 Å². The van der Waals surface area contributed by atoms with Crippen LogP contribution in [0.3, 0.4) is 0 Å². The van der Waals surface area contributed by atoms with Crippen molar-refractivity contribution in [2.45, 2.75) is 19.9 Å². The van der Waals surface area contributed by atoms with Crippen LogP contribution in [0, 0.1) is 6.92 Å². The molecule has 0 radical (unpaired) electrons. The minimum absolute atomic E-state index is 0.105. The summed E-state index contributed by atoms with van der Waals surface area (Å²) in [6.45, 7) is 3.77. The summed E-state index contributed by atoms with van der Waals surface area (Å²) in [5.41, 5.74) is 3.45. The van der Waals surface area contributed by atoms with Crippen LogP contribution in [-0.2, 0) is 17.8 Å². The van der Waals surface area contributed by atoms with Crippen molar-refractivity contribution in [3.8, 4) is 0 Å². The van der Waals surface area contributed by atoms with Gasteiger partial charge in [-0.15, -0.1) is 11.3 Å². The van der Waals surface area contributed by atoms with E-state index in [1.807, 2.05) is 43.4 Å². The first kappa shape index (κ1) is 21.7. The zero-order valence-electron chi connectivity index (χ0n) is 17.4. The monoisotopic (exact) mass is 422 g/mol. The highest BCUT2D eigenvalue weighted by atomic mass is 32.1. The molecule has 0 aliphatic heterocycles. The van der Waals surface area contributed by atoms with E-state index in [9.17, 15) is 9.59 Å². The third kappa shape index (κ3) is 6.27. The molecular weight excluding hydrogens is 394 g/mol. The molecule has 1 unspecified atom stereocenters. The number of thiophene rings is 1. The maximum atomic E-state index is 12.6. The van der Waals surface area contributed by atoms with Crippen LogP contribution in [-0.4, -0.2) is 32.0 Å². The van der Waals surface area contributed by atoms with E-state index in [0.29, 0.717) is 24.3 Å². The Morgan fingerprint density at radius 2 is 1.73 bits per heavy atom. The van der Waals surface area contributed by atoms with Crippen molar-refractivity contribution in [1.82, 2.24) is 5.32 Å². The van der Waals surface area contributed by atoms with E-state index in [4.69, 9.17) is 0 Å². The third-order valence-electron chi connectivity index (χ3n) is 4.88. The number of benzene rings is 2. The molecule has 0 saturated heterocycles. The molecule has 30 heavy (non-hydrogen) atoms. The Morgan fingerprint density at radius 3 is 2.47 bits per heavy atom. The van der Waals surface area contributed by atoms with Crippen molar-refractivity contribution < 1.29 is 14.5 Å². The number of hydrogen-bond acceptors (Lipinski definition) is 3. The Bertz CT molecular complexity index is 985. The van der Waals surface area contributed by atoms with Gasteiger partial charge in [0.25, 0.3) is 11.8 Å². The number of carbonyl (C=O) groups excluding carboxylic acids is 2. The van der Waals surface area contributed by atoms with Crippen molar-refractivity contribution in [2.24, 2.45) is 0 Å². The van der Waals surface area contributed by atoms with E-state index < -0.39 is 0 Å². The smallest absolute Gasteiger partial charge is 0.279 e. The number of likely N-dealkylation sites (N-methyl/N-ethyl adjacent to an activating group) is 1.